The molecule has 0 aliphatic carbocycles. The third-order valence-electron chi connectivity index (χ3n) is 3.00. The molecule has 1 aromatic carbocycles. The number of piperidine rings is 1. The van der Waals surface area contributed by atoms with Gasteiger partial charge in [-0.1, -0.05) is 23.2 Å². The number of hydrogen-bond acceptors (Lipinski definition) is 2. The third kappa shape index (κ3) is 2.57. The number of rotatable bonds is 2. The van der Waals surface area contributed by atoms with Crippen LogP contribution in [0.3, 0.4) is 0 Å². The minimum atomic E-state index is -0.0989. The number of hydrogen-bond donors (Lipinski definition) is 1. The molecular formula is C12H14Cl2N2O. The summed E-state index contributed by atoms with van der Waals surface area (Å²) in [6, 6.07) is 5.18. The van der Waals surface area contributed by atoms with Crippen LogP contribution in [-0.4, -0.2) is 25.5 Å². The number of benzene rings is 1. The summed E-state index contributed by atoms with van der Waals surface area (Å²) >= 11 is 11.8. The van der Waals surface area contributed by atoms with Gasteiger partial charge in [0.25, 0.3) is 0 Å². The van der Waals surface area contributed by atoms with Crippen LogP contribution in [0.1, 0.15) is 12.8 Å². The van der Waals surface area contributed by atoms with E-state index in [-0.39, 0.29) is 11.9 Å². The monoisotopic (exact) mass is 272 g/mol. The second kappa shape index (κ2) is 5.25. The second-order valence-corrected chi connectivity index (χ2v) is 4.89. The molecule has 3 nitrogen and oxygen atoms in total. The Kier molecular flexibility index (Phi) is 3.92. The zero-order chi connectivity index (χ0) is 12.4. The first-order valence-electron chi connectivity index (χ1n) is 5.57. The molecule has 1 N–H and O–H groups in total. The Balaban J connectivity index is 2.26. The molecule has 0 bridgehead atoms. The van der Waals surface area contributed by atoms with Gasteiger partial charge in [-0.25, -0.2) is 0 Å². The molecule has 0 spiro atoms. The van der Waals surface area contributed by atoms with E-state index in [9.17, 15) is 4.79 Å². The van der Waals surface area contributed by atoms with Gasteiger partial charge in [-0.2, -0.15) is 0 Å². The summed E-state index contributed by atoms with van der Waals surface area (Å²) in [6.07, 6.45) is 1.87. The van der Waals surface area contributed by atoms with E-state index in [1.807, 2.05) is 6.07 Å². The van der Waals surface area contributed by atoms with Gasteiger partial charge >= 0.3 is 0 Å². The topological polar surface area (TPSA) is 32.3 Å². The van der Waals surface area contributed by atoms with Gasteiger partial charge in [0.05, 0.1) is 16.1 Å². The Bertz CT molecular complexity index is 437. The molecule has 1 unspecified atom stereocenters. The van der Waals surface area contributed by atoms with Crippen molar-refractivity contribution in [1.82, 2.24) is 5.32 Å². The summed E-state index contributed by atoms with van der Waals surface area (Å²) in [7, 11) is 1.81. The number of amides is 1. The van der Waals surface area contributed by atoms with E-state index in [2.05, 4.69) is 5.32 Å². The van der Waals surface area contributed by atoms with E-state index in [0.717, 1.165) is 25.1 Å². The number of halogens is 2. The number of nitrogens with one attached hydrogen (secondary N) is 1. The van der Waals surface area contributed by atoms with E-state index in [0.29, 0.717) is 10.0 Å². The van der Waals surface area contributed by atoms with Crippen molar-refractivity contribution in [3.63, 3.8) is 0 Å². The summed E-state index contributed by atoms with van der Waals surface area (Å²) in [5.41, 5.74) is 0.810. The first kappa shape index (κ1) is 12.7. The van der Waals surface area contributed by atoms with Crippen molar-refractivity contribution >= 4 is 34.8 Å². The van der Waals surface area contributed by atoms with Crippen LogP contribution in [0, 0.1) is 0 Å². The quantitative estimate of drug-likeness (QED) is 0.898. The molecule has 1 atom stereocenters. The van der Waals surface area contributed by atoms with Gasteiger partial charge in [-0.05, 0) is 38.1 Å². The van der Waals surface area contributed by atoms with Crippen molar-refractivity contribution in [3.05, 3.63) is 28.2 Å². The van der Waals surface area contributed by atoms with E-state index >= 15 is 0 Å². The fourth-order valence-electron chi connectivity index (χ4n) is 2.05. The molecule has 1 aromatic rings. The molecule has 2 rings (SSSR count). The van der Waals surface area contributed by atoms with Gasteiger partial charge < -0.3 is 10.2 Å². The van der Waals surface area contributed by atoms with Gasteiger partial charge in [0.15, 0.2) is 0 Å². The van der Waals surface area contributed by atoms with Crippen molar-refractivity contribution in [1.29, 1.82) is 0 Å². The van der Waals surface area contributed by atoms with Crippen LogP contribution < -0.4 is 10.2 Å². The highest BCUT2D eigenvalue weighted by atomic mass is 35.5. The number of carbonyl (C=O) groups is 1. The van der Waals surface area contributed by atoms with Crippen LogP contribution in [-0.2, 0) is 4.79 Å². The summed E-state index contributed by atoms with van der Waals surface area (Å²) in [5, 5.41) is 4.01. The van der Waals surface area contributed by atoms with E-state index in [1.54, 1.807) is 24.1 Å². The van der Waals surface area contributed by atoms with Crippen molar-refractivity contribution in [2.24, 2.45) is 0 Å². The first-order valence-corrected chi connectivity index (χ1v) is 6.33. The third-order valence-corrected chi connectivity index (χ3v) is 3.74. The average molecular weight is 273 g/mol. The smallest absolute Gasteiger partial charge is 0.244 e. The van der Waals surface area contributed by atoms with Crippen molar-refractivity contribution in [3.8, 4) is 0 Å². The minimum absolute atomic E-state index is 0.0946. The lowest BCUT2D eigenvalue weighted by molar-refractivity contribution is -0.121. The molecule has 0 aromatic heterocycles. The van der Waals surface area contributed by atoms with Gasteiger partial charge in [0, 0.05) is 12.2 Å². The lowest BCUT2D eigenvalue weighted by atomic mass is 10.0. The summed E-state index contributed by atoms with van der Waals surface area (Å²) < 4.78 is 0. The highest BCUT2D eigenvalue weighted by molar-refractivity contribution is 6.42. The lowest BCUT2D eigenvalue weighted by Gasteiger charge is -2.32. The van der Waals surface area contributed by atoms with Gasteiger partial charge in [0.2, 0.25) is 5.91 Å². The Labute approximate surface area is 111 Å². The Hall–Kier alpha value is -0.770. The Morgan fingerprint density at radius 1 is 1.35 bits per heavy atom. The largest absolute Gasteiger partial charge is 0.311 e. The van der Waals surface area contributed by atoms with Gasteiger partial charge in [-0.3, -0.25) is 4.79 Å². The number of anilines is 1. The number of likely N-dealkylation sites (N-methyl/N-ethyl adjacent to an activating group) is 1. The molecule has 1 amide bonds. The summed E-state index contributed by atoms with van der Waals surface area (Å²) in [5.74, 6) is 0.0946. The van der Waals surface area contributed by atoms with Crippen LogP contribution in [0.15, 0.2) is 18.2 Å². The van der Waals surface area contributed by atoms with Crippen molar-refractivity contribution in [2.45, 2.75) is 18.9 Å². The predicted octanol–water partition coefficient (Wildman–Crippen LogP) is 2.71. The van der Waals surface area contributed by atoms with Gasteiger partial charge in [-0.15, -0.1) is 0 Å². The fraction of sp³-hybridized carbons (Fsp3) is 0.417. The van der Waals surface area contributed by atoms with E-state index < -0.39 is 0 Å². The molecule has 5 heteroatoms. The van der Waals surface area contributed by atoms with Crippen LogP contribution in [0.5, 0.6) is 0 Å². The lowest BCUT2D eigenvalue weighted by Crippen LogP contribution is -2.49. The normalized spacial score (nSPS) is 20.8. The maximum atomic E-state index is 12.1. The van der Waals surface area contributed by atoms with E-state index in [4.69, 9.17) is 23.2 Å². The predicted molar refractivity (Wildman–Crippen MR) is 70.9 cm³/mol. The molecule has 1 fully saturated rings. The zero-order valence-electron chi connectivity index (χ0n) is 9.54. The van der Waals surface area contributed by atoms with Crippen LogP contribution >= 0.6 is 23.2 Å². The minimum Gasteiger partial charge on any atom is -0.311 e. The zero-order valence-corrected chi connectivity index (χ0v) is 11.1. The number of carbonyl (C=O) groups excluding carboxylic acids is 1. The standard InChI is InChI=1S/C12H14Cl2N2O/c1-15-11-3-2-6-16(12(11)17)8-4-5-9(13)10(14)7-8/h4-5,7,11,15H,2-3,6H2,1H3. The highest BCUT2D eigenvalue weighted by Crippen LogP contribution is 2.29. The van der Waals surface area contributed by atoms with Crippen LogP contribution in [0.25, 0.3) is 0 Å². The molecule has 0 saturated carbocycles. The van der Waals surface area contributed by atoms with Crippen molar-refractivity contribution < 1.29 is 4.79 Å². The molecule has 1 heterocycles. The van der Waals surface area contributed by atoms with Crippen LogP contribution in [0.4, 0.5) is 5.69 Å². The van der Waals surface area contributed by atoms with Gasteiger partial charge in [0.1, 0.15) is 0 Å². The highest BCUT2D eigenvalue weighted by Gasteiger charge is 2.28. The molecule has 1 saturated heterocycles. The number of nitrogens with zero attached hydrogens (tertiary/aromatic N) is 1. The molecule has 0 radical (unpaired) electrons. The summed E-state index contributed by atoms with van der Waals surface area (Å²) in [4.78, 5) is 13.9. The van der Waals surface area contributed by atoms with Crippen LogP contribution in [0.2, 0.25) is 10.0 Å². The van der Waals surface area contributed by atoms with Crippen molar-refractivity contribution in [2.75, 3.05) is 18.5 Å². The Morgan fingerprint density at radius 3 is 2.76 bits per heavy atom. The molecule has 1 aliphatic rings. The first-order chi connectivity index (χ1) is 8.13. The molecule has 17 heavy (non-hydrogen) atoms. The van der Waals surface area contributed by atoms with E-state index in [1.165, 1.54) is 0 Å². The average Bonchev–Trinajstić information content (AvgIpc) is 2.33. The maximum Gasteiger partial charge on any atom is 0.244 e. The fourth-order valence-corrected chi connectivity index (χ4v) is 2.34. The second-order valence-electron chi connectivity index (χ2n) is 4.07. The summed E-state index contributed by atoms with van der Waals surface area (Å²) in [6.45, 7) is 0.731. The molecule has 92 valence electrons. The maximum absolute atomic E-state index is 12.1. The SMILES string of the molecule is CNC1CCCN(c2ccc(Cl)c(Cl)c2)C1=O. The molecular weight excluding hydrogens is 259 g/mol. The Morgan fingerprint density at radius 2 is 2.12 bits per heavy atom. The molecule has 1 aliphatic heterocycles.